The van der Waals surface area contributed by atoms with Gasteiger partial charge in [-0.05, 0) is 0 Å². The molecule has 0 saturated heterocycles. The third kappa shape index (κ3) is 5.59. The van der Waals surface area contributed by atoms with Gasteiger partial charge in [0.15, 0.2) is 0 Å². The molecule has 0 aliphatic heterocycles. The average molecular weight is 152 g/mol. The molecule has 0 heterocycles. The number of alkyl halides is 1. The average Bonchev–Trinajstić information content (AvgIpc) is 1.62. The van der Waals surface area contributed by atoms with Gasteiger partial charge in [0.05, 0.1) is 21.1 Å². The molecule has 0 spiro atoms. The highest BCUT2D eigenvalue weighted by Crippen LogP contribution is 1.82. The molecule has 0 fully saturated rings. The van der Waals surface area contributed by atoms with Crippen LogP contribution in [-0.2, 0) is 4.79 Å². The van der Waals surface area contributed by atoms with Gasteiger partial charge in [-0.1, -0.05) is 0 Å². The Bertz CT molecular complexity index is 108. The molecule has 0 atom stereocenters. The highest BCUT2D eigenvalue weighted by Gasteiger charge is 2.09. The number of amides is 1. The summed E-state index contributed by atoms with van der Waals surface area (Å²) in [6.45, 7) is 0. The Morgan fingerprint density at radius 2 is 2.00 bits per heavy atom. The molecule has 9 heavy (non-hydrogen) atoms. The number of nitrogens with zero attached hydrogens (tertiary/aromatic N) is 1. The maximum Gasteiger partial charge on any atom is 0.279 e. The van der Waals surface area contributed by atoms with E-state index in [9.17, 15) is 4.79 Å². The second-order valence-electron chi connectivity index (χ2n) is 2.68. The highest BCUT2D eigenvalue weighted by atomic mass is 35.5. The number of carbonyl (C=O) groups is 1. The lowest BCUT2D eigenvalue weighted by atomic mass is 10.7. The zero-order valence-corrected chi connectivity index (χ0v) is 6.70. The summed E-state index contributed by atoms with van der Waals surface area (Å²) in [5.74, 6) is -0.126. The van der Waals surface area contributed by atoms with E-state index in [0.29, 0.717) is 4.59 Å². The van der Waals surface area contributed by atoms with Crippen LogP contribution < -0.4 is 5.43 Å². The van der Waals surface area contributed by atoms with Gasteiger partial charge in [-0.2, -0.15) is 0 Å². The maximum atomic E-state index is 10.6. The molecule has 4 heteroatoms. The molecular weight excluding hydrogens is 140 g/mol. The molecule has 0 aliphatic rings. The van der Waals surface area contributed by atoms with E-state index in [-0.39, 0.29) is 11.8 Å². The van der Waals surface area contributed by atoms with Crippen LogP contribution in [-0.4, -0.2) is 37.5 Å². The number of hydrogen-bond acceptors (Lipinski definition) is 1. The third-order valence-corrected chi connectivity index (χ3v) is 0.824. The van der Waals surface area contributed by atoms with Gasteiger partial charge < -0.3 is 0 Å². The molecule has 1 amide bonds. The van der Waals surface area contributed by atoms with Crippen LogP contribution in [0.3, 0.4) is 0 Å². The van der Waals surface area contributed by atoms with Crippen molar-refractivity contribution in [2.45, 2.75) is 0 Å². The summed E-state index contributed by atoms with van der Waals surface area (Å²) in [5.41, 5.74) is 2.64. The molecule has 0 rings (SSSR count). The van der Waals surface area contributed by atoms with Crippen LogP contribution in [0.4, 0.5) is 0 Å². The van der Waals surface area contributed by atoms with E-state index in [4.69, 9.17) is 11.6 Å². The van der Waals surface area contributed by atoms with Gasteiger partial charge in [-0.15, -0.1) is 11.6 Å². The summed E-state index contributed by atoms with van der Waals surface area (Å²) in [4.78, 5) is 10.6. The van der Waals surface area contributed by atoms with Crippen molar-refractivity contribution < 1.29 is 9.39 Å². The monoisotopic (exact) mass is 151 g/mol. The van der Waals surface area contributed by atoms with Gasteiger partial charge in [0, 0.05) is 0 Å². The van der Waals surface area contributed by atoms with Crippen LogP contribution in [0.5, 0.6) is 0 Å². The van der Waals surface area contributed by atoms with Crippen molar-refractivity contribution >= 4 is 17.5 Å². The Labute approximate surface area is 60.2 Å². The number of nitrogens with one attached hydrogen (secondary N) is 1. The van der Waals surface area contributed by atoms with Crippen LogP contribution in [0.1, 0.15) is 0 Å². The lowest BCUT2D eigenvalue weighted by molar-refractivity contribution is -0.906. The Balaban J connectivity index is 3.60. The number of quaternary nitrogens is 1. The summed E-state index contributed by atoms with van der Waals surface area (Å²) in [5, 5.41) is 0. The van der Waals surface area contributed by atoms with Gasteiger partial charge in [0.25, 0.3) is 5.91 Å². The smallest absolute Gasteiger partial charge is 0.269 e. The predicted molar refractivity (Wildman–Crippen MR) is 36.9 cm³/mol. The third-order valence-electron chi connectivity index (χ3n) is 0.581. The molecule has 0 aliphatic carbocycles. The fraction of sp³-hybridized carbons (Fsp3) is 0.800. The first kappa shape index (κ1) is 8.72. The lowest BCUT2D eigenvalue weighted by Gasteiger charge is -2.22. The van der Waals surface area contributed by atoms with Crippen molar-refractivity contribution in [1.82, 2.24) is 5.43 Å². The van der Waals surface area contributed by atoms with Crippen LogP contribution >= 0.6 is 11.6 Å². The normalized spacial score (nSPS) is 11.1. The predicted octanol–water partition coefficient (Wildman–Crippen LogP) is -0.0374. The van der Waals surface area contributed by atoms with Crippen molar-refractivity contribution in [2.75, 3.05) is 27.0 Å². The largest absolute Gasteiger partial charge is 0.279 e. The lowest BCUT2D eigenvalue weighted by Crippen LogP contribution is -2.51. The first-order valence-electron chi connectivity index (χ1n) is 2.64. The highest BCUT2D eigenvalue weighted by molar-refractivity contribution is 6.27. The van der Waals surface area contributed by atoms with Gasteiger partial charge in [0.1, 0.15) is 5.88 Å². The molecule has 3 nitrogen and oxygen atoms in total. The number of halogens is 1. The van der Waals surface area contributed by atoms with Crippen LogP contribution in [0.15, 0.2) is 0 Å². The summed E-state index contributed by atoms with van der Waals surface area (Å²) in [6, 6.07) is 0. The molecule has 0 saturated carbocycles. The molecular formula is C5H12ClN2O+. The summed E-state index contributed by atoms with van der Waals surface area (Å²) >= 11 is 5.24. The summed E-state index contributed by atoms with van der Waals surface area (Å²) in [6.07, 6.45) is 0. The maximum absolute atomic E-state index is 10.6. The van der Waals surface area contributed by atoms with Crippen molar-refractivity contribution in [1.29, 1.82) is 0 Å². The minimum atomic E-state index is -0.149. The van der Waals surface area contributed by atoms with Crippen LogP contribution in [0, 0.1) is 0 Å². The van der Waals surface area contributed by atoms with Gasteiger partial charge in [0.2, 0.25) is 0 Å². The van der Waals surface area contributed by atoms with E-state index in [2.05, 4.69) is 5.43 Å². The fourth-order valence-corrected chi connectivity index (χ4v) is 0.464. The zero-order valence-electron chi connectivity index (χ0n) is 5.94. The molecule has 0 unspecified atom stereocenters. The fourth-order valence-electron chi connectivity index (χ4n) is 0.404. The molecule has 0 aromatic heterocycles. The first-order valence-corrected chi connectivity index (χ1v) is 3.17. The molecule has 54 valence electrons. The van der Waals surface area contributed by atoms with E-state index < -0.39 is 0 Å². The van der Waals surface area contributed by atoms with E-state index in [1.165, 1.54) is 0 Å². The van der Waals surface area contributed by atoms with Crippen molar-refractivity contribution in [3.05, 3.63) is 0 Å². The van der Waals surface area contributed by atoms with E-state index in [0.717, 1.165) is 0 Å². The molecule has 1 N–H and O–H groups in total. The second kappa shape index (κ2) is 3.03. The number of hydrogen-bond donors (Lipinski definition) is 1. The Hall–Kier alpha value is -0.280. The SMILES string of the molecule is C[N+](C)(C)NC(=O)CCl. The quantitative estimate of drug-likeness (QED) is 0.335. The summed E-state index contributed by atoms with van der Waals surface area (Å²) < 4.78 is 0.408. The van der Waals surface area contributed by atoms with E-state index in [1.54, 1.807) is 0 Å². The molecule has 0 aromatic carbocycles. The minimum Gasteiger partial charge on any atom is -0.269 e. The van der Waals surface area contributed by atoms with Gasteiger partial charge in [-0.25, -0.2) is 10.0 Å². The molecule has 0 bridgehead atoms. The zero-order chi connectivity index (χ0) is 7.49. The first-order chi connectivity index (χ1) is 3.95. The Morgan fingerprint density at radius 3 is 2.11 bits per heavy atom. The van der Waals surface area contributed by atoms with Crippen LogP contribution in [0.25, 0.3) is 0 Å². The minimum absolute atomic E-state index is 0.0233. The second-order valence-corrected chi connectivity index (χ2v) is 2.95. The standard InChI is InChI=1S/C5H11ClN2O/c1-8(2,3)7-5(9)4-6/h4H2,1-3H3/p+1. The van der Waals surface area contributed by atoms with Gasteiger partial charge in [-0.3, -0.25) is 4.79 Å². The van der Waals surface area contributed by atoms with Crippen molar-refractivity contribution in [2.24, 2.45) is 0 Å². The topological polar surface area (TPSA) is 29.1 Å². The molecule has 0 radical (unpaired) electrons. The van der Waals surface area contributed by atoms with Crippen molar-refractivity contribution in [3.8, 4) is 0 Å². The van der Waals surface area contributed by atoms with E-state index >= 15 is 0 Å². The number of rotatable bonds is 2. The van der Waals surface area contributed by atoms with Crippen LogP contribution in [0.2, 0.25) is 0 Å². The van der Waals surface area contributed by atoms with Crippen molar-refractivity contribution in [3.63, 3.8) is 0 Å². The number of carbonyl (C=O) groups excluding carboxylic acids is 1. The molecule has 0 aromatic rings. The Kier molecular flexibility index (Phi) is 2.94. The van der Waals surface area contributed by atoms with E-state index in [1.807, 2.05) is 21.1 Å². The summed E-state index contributed by atoms with van der Waals surface area (Å²) in [7, 11) is 5.55. The Morgan fingerprint density at radius 1 is 1.56 bits per heavy atom. The van der Waals surface area contributed by atoms with Gasteiger partial charge >= 0.3 is 0 Å².